The van der Waals surface area contributed by atoms with Crippen molar-refractivity contribution in [3.05, 3.63) is 66.3 Å². The van der Waals surface area contributed by atoms with Gasteiger partial charge < -0.3 is 4.42 Å². The van der Waals surface area contributed by atoms with Crippen molar-refractivity contribution in [3.63, 3.8) is 0 Å². The van der Waals surface area contributed by atoms with Crippen LogP contribution in [0.3, 0.4) is 0 Å². The Kier molecular flexibility index (Phi) is 4.22. The predicted octanol–water partition coefficient (Wildman–Crippen LogP) is 2.52. The van der Waals surface area contributed by atoms with Crippen LogP contribution in [0.15, 0.2) is 64.4 Å². The van der Waals surface area contributed by atoms with Crippen LogP contribution in [0.2, 0.25) is 0 Å². The third-order valence-electron chi connectivity index (χ3n) is 3.29. The van der Waals surface area contributed by atoms with E-state index in [2.05, 4.69) is 14.7 Å². The van der Waals surface area contributed by atoms with E-state index >= 15 is 0 Å². The number of nitrogens with zero attached hydrogens (tertiary/aromatic N) is 2. The van der Waals surface area contributed by atoms with Crippen molar-refractivity contribution < 1.29 is 12.8 Å². The van der Waals surface area contributed by atoms with E-state index in [-0.39, 0.29) is 11.4 Å². The summed E-state index contributed by atoms with van der Waals surface area (Å²) in [5.74, 6) is 0.544. The summed E-state index contributed by atoms with van der Waals surface area (Å²) in [5, 5.41) is 0. The van der Waals surface area contributed by atoms with E-state index in [1.165, 1.54) is 18.7 Å². The summed E-state index contributed by atoms with van der Waals surface area (Å²) in [6, 6.07) is 10.1. The average molecular weight is 329 g/mol. The molecule has 0 unspecified atom stereocenters. The van der Waals surface area contributed by atoms with E-state index < -0.39 is 10.0 Å². The Bertz CT molecular complexity index is 889. The molecular formula is C16H15N3O3S. The Hall–Kier alpha value is -2.51. The summed E-state index contributed by atoms with van der Waals surface area (Å²) in [6.07, 6.45) is 4.59. The van der Waals surface area contributed by atoms with Crippen molar-refractivity contribution in [2.24, 2.45) is 0 Å². The topological polar surface area (TPSA) is 85.1 Å². The zero-order valence-corrected chi connectivity index (χ0v) is 13.2. The number of aryl methyl sites for hydroxylation is 1. The van der Waals surface area contributed by atoms with Crippen molar-refractivity contribution in [1.29, 1.82) is 0 Å². The fourth-order valence-corrected chi connectivity index (χ4v) is 3.07. The quantitative estimate of drug-likeness (QED) is 0.777. The van der Waals surface area contributed by atoms with E-state index in [1.54, 1.807) is 36.4 Å². The average Bonchev–Trinajstić information content (AvgIpc) is 3.08. The maximum Gasteiger partial charge on any atom is 0.240 e. The van der Waals surface area contributed by atoms with E-state index in [0.29, 0.717) is 17.1 Å². The maximum absolute atomic E-state index is 12.3. The molecule has 3 rings (SSSR count). The van der Waals surface area contributed by atoms with Gasteiger partial charge in [-0.15, -0.1) is 0 Å². The Labute approximate surface area is 134 Å². The fourth-order valence-electron chi connectivity index (χ4n) is 2.08. The number of furan rings is 1. The lowest BCUT2D eigenvalue weighted by Crippen LogP contribution is -2.24. The van der Waals surface area contributed by atoms with Crippen LogP contribution in [0.1, 0.15) is 11.3 Å². The van der Waals surface area contributed by atoms with Gasteiger partial charge in [-0.1, -0.05) is 17.7 Å². The smallest absolute Gasteiger partial charge is 0.240 e. The lowest BCUT2D eigenvalue weighted by molar-refractivity contribution is 0.573. The number of hydrogen-bond donors (Lipinski definition) is 1. The van der Waals surface area contributed by atoms with Crippen LogP contribution in [0.4, 0.5) is 0 Å². The third-order valence-corrected chi connectivity index (χ3v) is 4.71. The number of hydrogen-bond acceptors (Lipinski definition) is 5. The number of benzene rings is 1. The third kappa shape index (κ3) is 3.46. The molecule has 3 aromatic rings. The van der Waals surface area contributed by atoms with Gasteiger partial charge in [0.25, 0.3) is 0 Å². The molecule has 23 heavy (non-hydrogen) atoms. The normalized spacial score (nSPS) is 11.5. The van der Waals surface area contributed by atoms with E-state index in [9.17, 15) is 8.42 Å². The van der Waals surface area contributed by atoms with Crippen molar-refractivity contribution in [2.75, 3.05) is 0 Å². The second-order valence-electron chi connectivity index (χ2n) is 4.97. The zero-order chi connectivity index (χ0) is 16.3. The first-order valence-electron chi connectivity index (χ1n) is 6.96. The molecule has 6 nitrogen and oxygen atoms in total. The standard InChI is InChI=1S/C16H15N3O3S/c1-12-4-6-13(7-5-12)23(20,21)19-11-14-16(18-9-8-17-14)15-3-2-10-22-15/h2-10,19H,11H2,1H3. The molecule has 0 aliphatic heterocycles. The fraction of sp³-hybridized carbons (Fsp3) is 0.125. The molecule has 0 fully saturated rings. The van der Waals surface area contributed by atoms with Gasteiger partial charge in [-0.25, -0.2) is 18.1 Å². The van der Waals surface area contributed by atoms with Crippen molar-refractivity contribution >= 4 is 10.0 Å². The molecule has 2 aromatic heterocycles. The molecule has 7 heteroatoms. The molecule has 0 saturated heterocycles. The molecule has 0 aliphatic rings. The molecule has 0 radical (unpaired) electrons. The van der Waals surface area contributed by atoms with Crippen LogP contribution in [0.5, 0.6) is 0 Å². The van der Waals surface area contributed by atoms with Crippen LogP contribution < -0.4 is 4.72 Å². The molecular weight excluding hydrogens is 314 g/mol. The number of rotatable bonds is 5. The molecule has 118 valence electrons. The zero-order valence-electron chi connectivity index (χ0n) is 12.4. The molecule has 2 heterocycles. The van der Waals surface area contributed by atoms with Gasteiger partial charge in [-0.05, 0) is 31.2 Å². The summed E-state index contributed by atoms with van der Waals surface area (Å²) < 4.78 is 32.5. The molecule has 0 amide bonds. The Morgan fingerprint density at radius 1 is 1.09 bits per heavy atom. The van der Waals surface area contributed by atoms with Crippen LogP contribution in [0, 0.1) is 6.92 Å². The van der Waals surface area contributed by atoms with Crippen LogP contribution >= 0.6 is 0 Å². The van der Waals surface area contributed by atoms with Gasteiger partial charge in [0, 0.05) is 12.4 Å². The van der Waals surface area contributed by atoms with Crippen LogP contribution in [0.25, 0.3) is 11.5 Å². The number of aromatic nitrogens is 2. The van der Waals surface area contributed by atoms with Gasteiger partial charge in [-0.2, -0.15) is 0 Å². The first kappa shape index (κ1) is 15.4. The molecule has 1 aromatic carbocycles. The molecule has 0 bridgehead atoms. The highest BCUT2D eigenvalue weighted by Gasteiger charge is 2.16. The van der Waals surface area contributed by atoms with Gasteiger partial charge in [0.05, 0.1) is 23.4 Å². The summed E-state index contributed by atoms with van der Waals surface area (Å²) in [4.78, 5) is 8.63. The molecule has 0 aliphatic carbocycles. The van der Waals surface area contributed by atoms with Crippen molar-refractivity contribution in [1.82, 2.24) is 14.7 Å². The Morgan fingerprint density at radius 3 is 2.52 bits per heavy atom. The van der Waals surface area contributed by atoms with Gasteiger partial charge in [-0.3, -0.25) is 4.98 Å². The summed E-state index contributed by atoms with van der Waals surface area (Å²) in [5.41, 5.74) is 2.01. The number of nitrogens with one attached hydrogen (secondary N) is 1. The largest absolute Gasteiger partial charge is 0.463 e. The highest BCUT2D eigenvalue weighted by atomic mass is 32.2. The summed E-state index contributed by atoms with van der Waals surface area (Å²) in [7, 11) is -3.61. The van der Waals surface area contributed by atoms with Gasteiger partial charge in [0.2, 0.25) is 10.0 Å². The van der Waals surface area contributed by atoms with Crippen molar-refractivity contribution in [2.45, 2.75) is 18.4 Å². The summed E-state index contributed by atoms with van der Waals surface area (Å²) in [6.45, 7) is 1.93. The minimum Gasteiger partial charge on any atom is -0.463 e. The SMILES string of the molecule is Cc1ccc(S(=O)(=O)NCc2nccnc2-c2ccco2)cc1. The van der Waals surface area contributed by atoms with E-state index in [0.717, 1.165) is 5.56 Å². The monoisotopic (exact) mass is 329 g/mol. The molecule has 0 saturated carbocycles. The first-order chi connectivity index (χ1) is 11.1. The molecule has 0 spiro atoms. The van der Waals surface area contributed by atoms with Crippen LogP contribution in [-0.2, 0) is 16.6 Å². The van der Waals surface area contributed by atoms with Gasteiger partial charge in [0.1, 0.15) is 5.69 Å². The molecule has 0 atom stereocenters. The maximum atomic E-state index is 12.3. The first-order valence-corrected chi connectivity index (χ1v) is 8.45. The summed E-state index contributed by atoms with van der Waals surface area (Å²) >= 11 is 0. The lowest BCUT2D eigenvalue weighted by atomic mass is 10.2. The van der Waals surface area contributed by atoms with Crippen molar-refractivity contribution in [3.8, 4) is 11.5 Å². The van der Waals surface area contributed by atoms with Gasteiger partial charge in [0.15, 0.2) is 5.76 Å². The Morgan fingerprint density at radius 2 is 1.83 bits per heavy atom. The molecule has 1 N–H and O–H groups in total. The number of sulfonamides is 1. The minimum atomic E-state index is -3.61. The van der Waals surface area contributed by atoms with Crippen LogP contribution in [-0.4, -0.2) is 18.4 Å². The lowest BCUT2D eigenvalue weighted by Gasteiger charge is -2.08. The predicted molar refractivity (Wildman–Crippen MR) is 84.9 cm³/mol. The highest BCUT2D eigenvalue weighted by Crippen LogP contribution is 2.20. The van der Waals surface area contributed by atoms with E-state index in [1.807, 2.05) is 6.92 Å². The Balaban J connectivity index is 1.82. The van der Waals surface area contributed by atoms with E-state index in [4.69, 9.17) is 4.42 Å². The highest BCUT2D eigenvalue weighted by molar-refractivity contribution is 7.89. The second kappa shape index (κ2) is 6.31. The second-order valence-corrected chi connectivity index (χ2v) is 6.73. The minimum absolute atomic E-state index is 0.0279. The van der Waals surface area contributed by atoms with Gasteiger partial charge >= 0.3 is 0 Å².